The van der Waals surface area contributed by atoms with E-state index in [2.05, 4.69) is 32.6 Å². The van der Waals surface area contributed by atoms with Gasteiger partial charge in [-0.1, -0.05) is 6.07 Å². The molecule has 3 saturated heterocycles. The molecule has 0 aliphatic carbocycles. The number of nitrogens with zero attached hydrogens (tertiary/aromatic N) is 2. The van der Waals surface area contributed by atoms with Crippen LogP contribution in [0.25, 0.3) is 0 Å². The maximum atomic E-state index is 12.6. The first-order valence-corrected chi connectivity index (χ1v) is 8.49. The molecule has 1 aromatic rings. The predicted molar refractivity (Wildman–Crippen MR) is 79.5 cm³/mol. The van der Waals surface area contributed by atoms with E-state index in [-0.39, 0.29) is 18.1 Å². The topological polar surface area (TPSA) is 35.6 Å². The molecule has 0 bridgehead atoms. The Morgan fingerprint density at radius 1 is 1.30 bits per heavy atom. The van der Waals surface area contributed by atoms with Crippen molar-refractivity contribution in [2.45, 2.75) is 50.5 Å². The van der Waals surface area contributed by atoms with Crippen molar-refractivity contribution < 1.29 is 4.79 Å². The van der Waals surface area contributed by atoms with Crippen molar-refractivity contribution in [3.63, 3.8) is 0 Å². The first-order chi connectivity index (χ1) is 9.75. The van der Waals surface area contributed by atoms with Gasteiger partial charge in [0.2, 0.25) is 5.91 Å². The Labute approximate surface area is 123 Å². The van der Waals surface area contributed by atoms with Crippen LogP contribution in [0.2, 0.25) is 0 Å². The summed E-state index contributed by atoms with van der Waals surface area (Å²) in [5.74, 6) is 0.280. The second-order valence-electron chi connectivity index (χ2n) is 6.15. The zero-order valence-corrected chi connectivity index (χ0v) is 12.6. The van der Waals surface area contributed by atoms with Crippen LogP contribution in [0.3, 0.4) is 0 Å². The van der Waals surface area contributed by atoms with Crippen molar-refractivity contribution >= 4 is 17.2 Å². The Balaban J connectivity index is 1.65. The van der Waals surface area contributed by atoms with Crippen molar-refractivity contribution in [1.29, 1.82) is 0 Å². The van der Waals surface area contributed by atoms with Crippen LogP contribution >= 0.6 is 11.3 Å². The third-order valence-corrected chi connectivity index (χ3v) is 5.98. The number of amides is 1. The lowest BCUT2D eigenvalue weighted by Crippen LogP contribution is -2.45. The van der Waals surface area contributed by atoms with Crippen LogP contribution in [-0.4, -0.2) is 46.9 Å². The van der Waals surface area contributed by atoms with Crippen LogP contribution in [0, 0.1) is 0 Å². The lowest BCUT2D eigenvalue weighted by atomic mass is 10.0. The molecular weight excluding hydrogens is 270 g/mol. The maximum absolute atomic E-state index is 12.6. The van der Waals surface area contributed by atoms with E-state index in [4.69, 9.17) is 0 Å². The lowest BCUT2D eigenvalue weighted by molar-refractivity contribution is -0.132. The molecule has 1 aromatic heterocycles. The van der Waals surface area contributed by atoms with Gasteiger partial charge in [-0.3, -0.25) is 15.0 Å². The van der Waals surface area contributed by atoms with Gasteiger partial charge in [-0.2, -0.15) is 0 Å². The second kappa shape index (κ2) is 4.83. The quantitative estimate of drug-likeness (QED) is 0.902. The Kier molecular flexibility index (Phi) is 3.09. The molecule has 3 fully saturated rings. The summed E-state index contributed by atoms with van der Waals surface area (Å²) >= 11 is 1.74. The number of nitrogens with one attached hydrogen (secondary N) is 1. The van der Waals surface area contributed by atoms with E-state index in [1.165, 1.54) is 24.3 Å². The highest BCUT2D eigenvalue weighted by Gasteiger charge is 2.48. The molecule has 0 radical (unpaired) electrons. The number of carbonyl (C=O) groups is 1. The van der Waals surface area contributed by atoms with E-state index in [1.54, 1.807) is 11.3 Å². The predicted octanol–water partition coefficient (Wildman–Crippen LogP) is 1.80. The summed E-state index contributed by atoms with van der Waals surface area (Å²) in [4.78, 5) is 18.6. The third-order valence-electron chi connectivity index (χ3n) is 5.05. The van der Waals surface area contributed by atoms with Gasteiger partial charge in [0.15, 0.2) is 0 Å². The Morgan fingerprint density at radius 3 is 3.00 bits per heavy atom. The van der Waals surface area contributed by atoms with Gasteiger partial charge in [0.25, 0.3) is 0 Å². The van der Waals surface area contributed by atoms with Crippen molar-refractivity contribution in [3.8, 4) is 0 Å². The van der Waals surface area contributed by atoms with Gasteiger partial charge in [0.1, 0.15) is 6.17 Å². The normalized spacial score (nSPS) is 37.9. The average Bonchev–Trinajstić information content (AvgIpc) is 3.16. The van der Waals surface area contributed by atoms with Crippen molar-refractivity contribution in [2.75, 3.05) is 13.1 Å². The number of rotatable bonds is 2. The number of fused-ring (bicyclic) bond motifs is 1. The minimum atomic E-state index is -0.0578. The smallest absolute Gasteiger partial charge is 0.241 e. The van der Waals surface area contributed by atoms with Crippen LogP contribution in [0.15, 0.2) is 17.5 Å². The molecule has 4 unspecified atom stereocenters. The molecule has 4 rings (SSSR count). The summed E-state index contributed by atoms with van der Waals surface area (Å²) in [6, 6.07) is 5.15. The molecule has 1 N–H and O–H groups in total. The molecule has 0 spiro atoms. The molecule has 1 amide bonds. The fourth-order valence-electron chi connectivity index (χ4n) is 4.14. The minimum absolute atomic E-state index is 0.0578. The molecule has 4 heterocycles. The van der Waals surface area contributed by atoms with E-state index >= 15 is 0 Å². The molecule has 0 saturated carbocycles. The van der Waals surface area contributed by atoms with E-state index in [0.717, 1.165) is 13.0 Å². The zero-order chi connectivity index (χ0) is 13.7. The number of carbonyl (C=O) groups excluding carboxylic acids is 1. The Hall–Kier alpha value is -0.910. The monoisotopic (exact) mass is 291 g/mol. The molecule has 3 aliphatic heterocycles. The minimum Gasteiger partial charge on any atom is -0.316 e. The fraction of sp³-hybridized carbons (Fsp3) is 0.667. The summed E-state index contributed by atoms with van der Waals surface area (Å²) < 4.78 is 0. The molecule has 20 heavy (non-hydrogen) atoms. The Morgan fingerprint density at radius 2 is 2.20 bits per heavy atom. The van der Waals surface area contributed by atoms with Crippen LogP contribution < -0.4 is 5.32 Å². The zero-order valence-electron chi connectivity index (χ0n) is 11.8. The molecule has 5 heteroatoms. The van der Waals surface area contributed by atoms with Crippen LogP contribution in [0.4, 0.5) is 0 Å². The highest BCUT2D eigenvalue weighted by Crippen LogP contribution is 2.38. The molecule has 4 nitrogen and oxygen atoms in total. The highest BCUT2D eigenvalue weighted by molar-refractivity contribution is 7.10. The summed E-state index contributed by atoms with van der Waals surface area (Å²) in [7, 11) is 0. The largest absolute Gasteiger partial charge is 0.316 e. The number of hydrogen-bond donors (Lipinski definition) is 1. The third kappa shape index (κ3) is 1.84. The summed E-state index contributed by atoms with van der Waals surface area (Å²) in [6.45, 7) is 4.37. The van der Waals surface area contributed by atoms with Gasteiger partial charge in [-0.25, -0.2) is 0 Å². The van der Waals surface area contributed by atoms with Crippen LogP contribution in [0.1, 0.15) is 37.2 Å². The molecule has 3 aliphatic rings. The van der Waals surface area contributed by atoms with Crippen LogP contribution in [0.5, 0.6) is 0 Å². The lowest BCUT2D eigenvalue weighted by Gasteiger charge is -2.33. The highest BCUT2D eigenvalue weighted by atomic mass is 32.1. The maximum Gasteiger partial charge on any atom is 0.241 e. The molecule has 108 valence electrons. The van der Waals surface area contributed by atoms with Gasteiger partial charge >= 0.3 is 0 Å². The number of hydrogen-bond acceptors (Lipinski definition) is 4. The van der Waals surface area contributed by atoms with E-state index in [1.807, 2.05) is 6.92 Å². The average molecular weight is 291 g/mol. The van der Waals surface area contributed by atoms with E-state index in [9.17, 15) is 4.79 Å². The fourth-order valence-corrected chi connectivity index (χ4v) is 4.92. The van der Waals surface area contributed by atoms with Crippen molar-refractivity contribution in [1.82, 2.24) is 15.1 Å². The van der Waals surface area contributed by atoms with Gasteiger partial charge in [0.05, 0.1) is 12.1 Å². The van der Waals surface area contributed by atoms with Gasteiger partial charge in [0, 0.05) is 17.5 Å². The summed E-state index contributed by atoms with van der Waals surface area (Å²) in [5, 5.41) is 5.58. The molecule has 0 aromatic carbocycles. The van der Waals surface area contributed by atoms with Gasteiger partial charge in [-0.15, -0.1) is 11.3 Å². The van der Waals surface area contributed by atoms with E-state index < -0.39 is 0 Å². The second-order valence-corrected chi connectivity index (χ2v) is 7.13. The van der Waals surface area contributed by atoms with Gasteiger partial charge in [-0.05, 0) is 44.2 Å². The van der Waals surface area contributed by atoms with Crippen LogP contribution in [-0.2, 0) is 4.79 Å². The SMILES string of the molecule is CC1NC(c2cccs2)N(C2CCN3CCCC23)C1=O. The van der Waals surface area contributed by atoms with Crippen molar-refractivity contribution in [3.05, 3.63) is 22.4 Å². The molecule has 4 atom stereocenters. The standard InChI is InChI=1S/C15H21N3OS/c1-10-15(19)18(14(16-10)13-5-3-9-20-13)12-6-8-17-7-2-4-11(12)17/h3,5,9-12,14,16H,2,4,6-8H2,1H3. The first-order valence-electron chi connectivity index (χ1n) is 7.61. The van der Waals surface area contributed by atoms with E-state index in [0.29, 0.717) is 12.1 Å². The molecular formula is C15H21N3OS. The van der Waals surface area contributed by atoms with Gasteiger partial charge < -0.3 is 4.90 Å². The first kappa shape index (κ1) is 12.8. The Bertz CT molecular complexity index is 503. The van der Waals surface area contributed by atoms with Crippen molar-refractivity contribution in [2.24, 2.45) is 0 Å². The summed E-state index contributed by atoms with van der Waals surface area (Å²) in [5.41, 5.74) is 0. The number of thiophene rings is 1. The summed E-state index contributed by atoms with van der Waals surface area (Å²) in [6.07, 6.45) is 3.76.